The maximum atomic E-state index is 14.3. The third-order valence-corrected chi connectivity index (χ3v) is 6.79. The van der Waals surface area contributed by atoms with Gasteiger partial charge in [0.2, 0.25) is 5.88 Å². The molecule has 0 aliphatic carbocycles. The molecule has 2 heterocycles. The number of nitrogens with zero attached hydrogens (tertiary/aromatic N) is 4. The minimum Gasteiger partial charge on any atom is -0.478 e. The van der Waals surface area contributed by atoms with Crippen molar-refractivity contribution in [2.45, 2.75) is 26.2 Å². The summed E-state index contributed by atoms with van der Waals surface area (Å²) in [5, 5.41) is 9.44. The summed E-state index contributed by atoms with van der Waals surface area (Å²) in [4.78, 5) is 23.8. The SMILES string of the molecule is [C-]#[N+]c1ccc(COc2cccc(-c3ccc(Cc4nc5ccc(C(=O)O)cc5n4CCOC)c(OC(F)F)c3)n2)c(F)c1. The lowest BCUT2D eigenvalue weighted by atomic mass is 10.0. The average molecular weight is 603 g/mol. The lowest BCUT2D eigenvalue weighted by molar-refractivity contribution is -0.0503. The van der Waals surface area contributed by atoms with Crippen LogP contribution in [0.25, 0.3) is 27.1 Å². The summed E-state index contributed by atoms with van der Waals surface area (Å²) in [5.74, 6) is -1.04. The maximum Gasteiger partial charge on any atom is 0.387 e. The van der Waals surface area contributed by atoms with Gasteiger partial charge < -0.3 is 23.9 Å². The first-order valence-electron chi connectivity index (χ1n) is 13.3. The number of ether oxygens (including phenoxy) is 3. The van der Waals surface area contributed by atoms with Crippen molar-refractivity contribution >= 4 is 22.7 Å². The van der Waals surface area contributed by atoms with E-state index in [1.165, 1.54) is 37.4 Å². The van der Waals surface area contributed by atoms with E-state index in [4.69, 9.17) is 20.8 Å². The molecule has 2 aromatic heterocycles. The normalized spacial score (nSPS) is 11.1. The number of rotatable bonds is 12. The first-order valence-corrected chi connectivity index (χ1v) is 13.3. The van der Waals surface area contributed by atoms with E-state index in [-0.39, 0.29) is 41.5 Å². The van der Waals surface area contributed by atoms with Gasteiger partial charge in [-0.1, -0.05) is 30.3 Å². The number of hydrogen-bond acceptors (Lipinski definition) is 6. The predicted molar refractivity (Wildman–Crippen MR) is 155 cm³/mol. The molecule has 44 heavy (non-hydrogen) atoms. The van der Waals surface area contributed by atoms with E-state index in [1.807, 2.05) is 0 Å². The fourth-order valence-corrected chi connectivity index (χ4v) is 4.64. The summed E-state index contributed by atoms with van der Waals surface area (Å²) in [6.07, 6.45) is 0.109. The molecule has 0 amide bonds. The molecule has 5 aromatic rings. The minimum atomic E-state index is -3.10. The van der Waals surface area contributed by atoms with Crippen LogP contribution in [-0.2, 0) is 24.3 Å². The quantitative estimate of drug-likeness (QED) is 0.155. The molecule has 5 rings (SSSR count). The number of hydrogen-bond donors (Lipinski definition) is 1. The number of aromatic nitrogens is 3. The Labute approximate surface area is 249 Å². The van der Waals surface area contributed by atoms with Crippen molar-refractivity contribution in [3.8, 4) is 22.9 Å². The van der Waals surface area contributed by atoms with Crippen LogP contribution < -0.4 is 9.47 Å². The van der Waals surface area contributed by atoms with Crippen LogP contribution in [0.4, 0.5) is 18.9 Å². The second-order valence-electron chi connectivity index (χ2n) is 9.60. The van der Waals surface area contributed by atoms with Crippen molar-refractivity contribution in [2.75, 3.05) is 13.7 Å². The van der Waals surface area contributed by atoms with E-state index >= 15 is 0 Å². The van der Waals surface area contributed by atoms with Crippen LogP contribution in [0.1, 0.15) is 27.3 Å². The van der Waals surface area contributed by atoms with Crippen LogP contribution in [0.2, 0.25) is 0 Å². The number of aromatic carboxylic acids is 1. The summed E-state index contributed by atoms with van der Waals surface area (Å²) >= 11 is 0. The van der Waals surface area contributed by atoms with Gasteiger partial charge in [0.15, 0.2) is 5.69 Å². The first-order chi connectivity index (χ1) is 21.2. The zero-order chi connectivity index (χ0) is 31.2. The van der Waals surface area contributed by atoms with Gasteiger partial charge in [-0.25, -0.2) is 24.0 Å². The van der Waals surface area contributed by atoms with E-state index in [2.05, 4.69) is 14.8 Å². The van der Waals surface area contributed by atoms with Crippen molar-refractivity contribution < 1.29 is 37.3 Å². The molecule has 9 nitrogen and oxygen atoms in total. The van der Waals surface area contributed by atoms with Crippen molar-refractivity contribution in [1.82, 2.24) is 14.5 Å². The highest BCUT2D eigenvalue weighted by molar-refractivity contribution is 5.92. The molecule has 0 spiro atoms. The second-order valence-corrected chi connectivity index (χ2v) is 9.60. The van der Waals surface area contributed by atoms with Gasteiger partial charge in [0, 0.05) is 42.8 Å². The molecule has 0 aliphatic rings. The van der Waals surface area contributed by atoms with Crippen LogP contribution >= 0.6 is 0 Å². The molecule has 0 fully saturated rings. The van der Waals surface area contributed by atoms with Gasteiger partial charge >= 0.3 is 12.6 Å². The highest BCUT2D eigenvalue weighted by Gasteiger charge is 2.18. The number of imidazole rings is 1. The zero-order valence-corrected chi connectivity index (χ0v) is 23.3. The number of halogens is 3. The van der Waals surface area contributed by atoms with E-state index in [1.54, 1.807) is 41.0 Å². The summed E-state index contributed by atoms with van der Waals surface area (Å²) < 4.78 is 58.9. The zero-order valence-electron chi connectivity index (χ0n) is 23.3. The molecule has 0 bridgehead atoms. The summed E-state index contributed by atoms with van der Waals surface area (Å²) in [7, 11) is 1.54. The van der Waals surface area contributed by atoms with E-state index < -0.39 is 18.4 Å². The molecule has 0 aliphatic heterocycles. The largest absolute Gasteiger partial charge is 0.478 e. The van der Waals surface area contributed by atoms with Gasteiger partial charge in [0.05, 0.1) is 35.5 Å². The van der Waals surface area contributed by atoms with Gasteiger partial charge in [-0.2, -0.15) is 8.78 Å². The molecule has 0 atom stereocenters. The number of alkyl halides is 2. The average Bonchev–Trinajstić information content (AvgIpc) is 3.35. The number of fused-ring (bicyclic) bond motifs is 1. The summed E-state index contributed by atoms with van der Waals surface area (Å²) in [6, 6.07) is 18.4. The highest BCUT2D eigenvalue weighted by Crippen LogP contribution is 2.31. The monoisotopic (exact) mass is 602 g/mol. The fourth-order valence-electron chi connectivity index (χ4n) is 4.64. The Balaban J connectivity index is 1.43. The Hall–Kier alpha value is -5.41. The summed E-state index contributed by atoms with van der Waals surface area (Å²) in [5.41, 5.74) is 2.95. The van der Waals surface area contributed by atoms with Crippen LogP contribution in [0.15, 0.2) is 72.8 Å². The molecule has 1 N–H and O–H groups in total. The standard InChI is InChI=1S/C32H25F3N4O5/c1-36-23-10-8-22(24(33)17-23)18-43-30-5-3-4-25(38-30)19-6-7-20(28(15-19)44-32(34)35)16-29-37-26-11-9-21(31(40)41)14-27(26)39(29)12-13-42-2/h3-11,14-15,17,32H,12-13,16,18H2,2H3,(H,40,41). The molecule has 3 aromatic carbocycles. The van der Waals surface area contributed by atoms with Gasteiger partial charge in [-0.05, 0) is 36.4 Å². The van der Waals surface area contributed by atoms with Crippen molar-refractivity contribution in [1.29, 1.82) is 0 Å². The Morgan fingerprint density at radius 1 is 1.05 bits per heavy atom. The van der Waals surface area contributed by atoms with Crippen molar-refractivity contribution in [2.24, 2.45) is 0 Å². The van der Waals surface area contributed by atoms with Gasteiger partial charge in [0.1, 0.15) is 24.0 Å². The van der Waals surface area contributed by atoms with Crippen LogP contribution in [0, 0.1) is 12.4 Å². The molecular weight excluding hydrogens is 577 g/mol. The Morgan fingerprint density at radius 3 is 2.59 bits per heavy atom. The first kappa shape index (κ1) is 30.1. The molecule has 0 radical (unpaired) electrons. The topological polar surface area (TPSA) is 100 Å². The lowest BCUT2D eigenvalue weighted by Gasteiger charge is -2.14. The number of methoxy groups -OCH3 is 1. The smallest absolute Gasteiger partial charge is 0.387 e. The van der Waals surface area contributed by atoms with E-state index in [0.717, 1.165) is 6.07 Å². The predicted octanol–water partition coefficient (Wildman–Crippen LogP) is 6.90. The van der Waals surface area contributed by atoms with Crippen molar-refractivity contribution in [3.05, 3.63) is 113 Å². The molecule has 224 valence electrons. The Morgan fingerprint density at radius 2 is 1.86 bits per heavy atom. The number of benzene rings is 3. The number of pyridine rings is 1. The van der Waals surface area contributed by atoms with E-state index in [0.29, 0.717) is 46.8 Å². The molecular formula is C32H25F3N4O5. The summed E-state index contributed by atoms with van der Waals surface area (Å²) in [6.45, 7) is 4.44. The van der Waals surface area contributed by atoms with Crippen LogP contribution in [0.5, 0.6) is 11.6 Å². The highest BCUT2D eigenvalue weighted by atomic mass is 19.3. The number of carboxylic acids is 1. The fraction of sp³-hybridized carbons (Fsp3) is 0.188. The van der Waals surface area contributed by atoms with Gasteiger partial charge in [0.25, 0.3) is 0 Å². The molecule has 0 saturated heterocycles. The van der Waals surface area contributed by atoms with Crippen LogP contribution in [0.3, 0.4) is 0 Å². The van der Waals surface area contributed by atoms with E-state index in [9.17, 15) is 23.1 Å². The number of carboxylic acid groups (broad SMARTS) is 1. The Kier molecular flexibility index (Phi) is 9.06. The van der Waals surface area contributed by atoms with Gasteiger partial charge in [-0.15, -0.1) is 0 Å². The lowest BCUT2D eigenvalue weighted by Crippen LogP contribution is -2.11. The molecule has 0 unspecified atom stereocenters. The maximum absolute atomic E-state index is 14.3. The van der Waals surface area contributed by atoms with Crippen LogP contribution in [-0.4, -0.2) is 45.9 Å². The van der Waals surface area contributed by atoms with Gasteiger partial charge in [-0.3, -0.25) is 0 Å². The Bertz CT molecular complexity index is 1870. The second kappa shape index (κ2) is 13.3. The third kappa shape index (κ3) is 6.79. The minimum absolute atomic E-state index is 0.0795. The molecule has 0 saturated carbocycles. The molecule has 12 heteroatoms. The number of carbonyl (C=O) groups is 1. The van der Waals surface area contributed by atoms with Crippen molar-refractivity contribution in [3.63, 3.8) is 0 Å². The third-order valence-electron chi connectivity index (χ3n) is 6.79.